The van der Waals surface area contributed by atoms with Gasteiger partial charge in [0.2, 0.25) is 5.91 Å². The number of thioether (sulfide) groups is 1. The number of nitrogens with one attached hydrogen (secondary N) is 1. The van der Waals surface area contributed by atoms with Crippen molar-refractivity contribution < 1.29 is 23.9 Å². The Morgan fingerprint density at radius 2 is 2.04 bits per heavy atom. The van der Waals surface area contributed by atoms with Crippen LogP contribution in [0.25, 0.3) is 0 Å². The lowest BCUT2D eigenvalue weighted by molar-refractivity contribution is -0.772. The summed E-state index contributed by atoms with van der Waals surface area (Å²) in [7, 11) is 1.58. The van der Waals surface area contributed by atoms with E-state index >= 15 is 0 Å². The van der Waals surface area contributed by atoms with Crippen LogP contribution < -0.4 is 15.1 Å². The molecule has 0 aliphatic rings. The van der Waals surface area contributed by atoms with Crippen molar-refractivity contribution in [3.8, 4) is 5.95 Å². The molecule has 1 amide bonds. The van der Waals surface area contributed by atoms with Crippen molar-refractivity contribution in [2.45, 2.75) is 30.5 Å². The van der Waals surface area contributed by atoms with E-state index in [2.05, 4.69) is 15.1 Å². The number of anilines is 1. The van der Waals surface area contributed by atoms with E-state index in [4.69, 9.17) is 0 Å². The van der Waals surface area contributed by atoms with Crippen molar-refractivity contribution in [1.82, 2.24) is 5.27 Å². The lowest BCUT2D eigenvalue weighted by atomic mass is 10.1. The summed E-state index contributed by atoms with van der Waals surface area (Å²) in [5.41, 5.74) is 1.17. The van der Waals surface area contributed by atoms with E-state index in [1.165, 1.54) is 11.6 Å². The molecule has 0 aliphatic carbocycles. The van der Waals surface area contributed by atoms with Gasteiger partial charge in [0.05, 0.1) is 10.5 Å². The smallest absolute Gasteiger partial charge is 0.291 e. The van der Waals surface area contributed by atoms with Gasteiger partial charge in [-0.2, -0.15) is 0 Å². The van der Waals surface area contributed by atoms with Gasteiger partial charge in [-0.3, -0.25) is 9.59 Å². The summed E-state index contributed by atoms with van der Waals surface area (Å²) in [6.07, 6.45) is 0.534. The molecule has 0 spiro atoms. The minimum atomic E-state index is -0.561. The van der Waals surface area contributed by atoms with Crippen molar-refractivity contribution in [3.05, 3.63) is 29.8 Å². The van der Waals surface area contributed by atoms with E-state index in [-0.39, 0.29) is 16.7 Å². The lowest BCUT2D eigenvalue weighted by Crippen LogP contribution is -2.34. The molecule has 0 fully saturated rings. The van der Waals surface area contributed by atoms with Crippen LogP contribution in [0, 0.1) is 0 Å². The summed E-state index contributed by atoms with van der Waals surface area (Å²) >= 11 is 1.11. The molecule has 7 nitrogen and oxygen atoms in total. The largest absolute Gasteiger partial charge is 0.538 e. The second-order valence-corrected chi connectivity index (χ2v) is 6.12. The summed E-state index contributed by atoms with van der Waals surface area (Å²) in [4.78, 5) is 23.6. The number of carbonyl (C=O) groups is 2. The first-order valence-electron chi connectivity index (χ1n) is 7.04. The number of hydrogen-bond acceptors (Lipinski definition) is 6. The Morgan fingerprint density at radius 1 is 1.39 bits per heavy atom. The van der Waals surface area contributed by atoms with Crippen LogP contribution in [-0.2, 0) is 11.8 Å². The number of amides is 1. The number of ketones is 1. The van der Waals surface area contributed by atoms with Gasteiger partial charge in [0.1, 0.15) is 0 Å². The molecule has 0 bridgehead atoms. The molecule has 1 heterocycles. The third-order valence-corrected chi connectivity index (χ3v) is 4.68. The average Bonchev–Trinajstić information content (AvgIpc) is 2.84. The van der Waals surface area contributed by atoms with Gasteiger partial charge >= 0.3 is 0 Å². The Labute approximate surface area is 137 Å². The van der Waals surface area contributed by atoms with Crippen LogP contribution in [0.5, 0.6) is 5.95 Å². The number of benzene rings is 1. The minimum Gasteiger partial charge on any atom is -0.538 e. The molecule has 0 saturated heterocycles. The highest BCUT2D eigenvalue weighted by Gasteiger charge is 2.25. The van der Waals surface area contributed by atoms with Crippen LogP contribution >= 0.6 is 11.8 Å². The van der Waals surface area contributed by atoms with E-state index in [1.54, 1.807) is 31.3 Å². The number of rotatable bonds is 6. The fourth-order valence-electron chi connectivity index (χ4n) is 1.90. The Balaban J connectivity index is 2.06. The number of carbonyl (C=O) groups excluding carboxylic acids is 2. The van der Waals surface area contributed by atoms with E-state index in [9.17, 15) is 14.7 Å². The monoisotopic (exact) mass is 335 g/mol. The Bertz CT molecular complexity index is 693. The van der Waals surface area contributed by atoms with Crippen LogP contribution in [0.1, 0.15) is 30.6 Å². The third kappa shape index (κ3) is 4.10. The second-order valence-electron chi connectivity index (χ2n) is 4.93. The number of nitrogens with zero attached hydrogens (tertiary/aromatic N) is 2. The Hall–Kier alpha value is -2.35. The Morgan fingerprint density at radius 3 is 2.52 bits per heavy atom. The van der Waals surface area contributed by atoms with E-state index < -0.39 is 11.2 Å². The molecule has 1 unspecified atom stereocenters. The zero-order valence-electron chi connectivity index (χ0n) is 13.0. The van der Waals surface area contributed by atoms with E-state index in [0.29, 0.717) is 17.7 Å². The number of aromatic nitrogens is 2. The molecule has 0 aliphatic heterocycles. The Kier molecular flexibility index (Phi) is 5.38. The molecule has 1 aromatic carbocycles. The fourth-order valence-corrected chi connectivity index (χ4v) is 2.82. The van der Waals surface area contributed by atoms with Crippen molar-refractivity contribution in [3.63, 3.8) is 0 Å². The van der Waals surface area contributed by atoms with Crippen LogP contribution in [0.4, 0.5) is 5.69 Å². The van der Waals surface area contributed by atoms with Gasteiger partial charge < -0.3 is 14.9 Å². The maximum Gasteiger partial charge on any atom is 0.291 e. The van der Waals surface area contributed by atoms with Crippen LogP contribution in [0.3, 0.4) is 0 Å². The molecule has 23 heavy (non-hydrogen) atoms. The average molecular weight is 335 g/mol. The molecular formula is C15H17N3O4S. The highest BCUT2D eigenvalue weighted by atomic mass is 32.2. The number of aryl methyl sites for hydroxylation is 1. The normalized spacial score (nSPS) is 12.0. The van der Waals surface area contributed by atoms with Gasteiger partial charge in [0, 0.05) is 11.3 Å². The first-order chi connectivity index (χ1) is 10.9. The standard InChI is InChI=1S/C15H17N3O4S/c1-4-12(23-14-15(21)22-17-18(14)3)13(20)16-11-7-5-10(6-8-11)9(2)19/h5-8,12H,4H2,1-3H3,(H-,16,17,19,20,21). The molecule has 8 heteroatoms. The fraction of sp³-hybridized carbons (Fsp3) is 0.333. The molecule has 1 N–H and O–H groups in total. The summed E-state index contributed by atoms with van der Waals surface area (Å²) in [6.45, 7) is 3.34. The van der Waals surface area contributed by atoms with Crippen molar-refractivity contribution in [2.75, 3.05) is 5.32 Å². The zero-order valence-corrected chi connectivity index (χ0v) is 13.8. The predicted octanol–water partition coefficient (Wildman–Crippen LogP) is 1.28. The van der Waals surface area contributed by atoms with Crippen LogP contribution in [-0.4, -0.2) is 22.2 Å². The third-order valence-electron chi connectivity index (χ3n) is 3.19. The zero-order chi connectivity index (χ0) is 17.0. The van der Waals surface area contributed by atoms with Crippen molar-refractivity contribution in [2.24, 2.45) is 7.05 Å². The van der Waals surface area contributed by atoms with Crippen LogP contribution in [0.2, 0.25) is 0 Å². The maximum atomic E-state index is 12.4. The van der Waals surface area contributed by atoms with E-state index in [1.807, 2.05) is 6.92 Å². The van der Waals surface area contributed by atoms with Crippen molar-refractivity contribution >= 4 is 29.1 Å². The lowest BCUT2D eigenvalue weighted by Gasteiger charge is -2.13. The molecule has 122 valence electrons. The topological polar surface area (TPSA) is 99.1 Å². The molecule has 1 aromatic heterocycles. The first kappa shape index (κ1) is 17.0. The summed E-state index contributed by atoms with van der Waals surface area (Å²) in [5, 5.41) is 17.7. The molecule has 0 radical (unpaired) electrons. The van der Waals surface area contributed by atoms with Crippen LogP contribution in [0.15, 0.2) is 33.8 Å². The van der Waals surface area contributed by atoms with Gasteiger partial charge in [-0.15, -0.1) is 0 Å². The van der Waals surface area contributed by atoms with Gasteiger partial charge in [-0.25, -0.2) is 0 Å². The molecule has 1 atom stereocenters. The number of Topliss-reactive ketones (excluding diaryl/α,β-unsaturated/α-hetero) is 1. The molecule has 2 rings (SSSR count). The minimum absolute atomic E-state index is 0.0344. The maximum absolute atomic E-state index is 12.4. The van der Waals surface area contributed by atoms with Gasteiger partial charge in [-0.05, 0) is 49.4 Å². The first-order valence-corrected chi connectivity index (χ1v) is 7.91. The second kappa shape index (κ2) is 7.28. The highest BCUT2D eigenvalue weighted by Crippen LogP contribution is 2.28. The summed E-state index contributed by atoms with van der Waals surface area (Å²) < 4.78 is 5.86. The molecule has 2 aromatic rings. The quantitative estimate of drug-likeness (QED) is 0.485. The summed E-state index contributed by atoms with van der Waals surface area (Å²) in [6, 6.07) is 6.65. The highest BCUT2D eigenvalue weighted by molar-refractivity contribution is 8.00. The predicted molar refractivity (Wildman–Crippen MR) is 82.1 cm³/mol. The summed E-state index contributed by atoms with van der Waals surface area (Å²) in [5.74, 6) is -0.823. The molecular weight excluding hydrogens is 318 g/mol. The number of hydrogen-bond donors (Lipinski definition) is 1. The van der Waals surface area contributed by atoms with Crippen molar-refractivity contribution in [1.29, 1.82) is 0 Å². The molecule has 0 saturated carbocycles. The van der Waals surface area contributed by atoms with Gasteiger partial charge in [0.25, 0.3) is 5.03 Å². The van der Waals surface area contributed by atoms with E-state index in [0.717, 1.165) is 11.8 Å². The SMILES string of the molecule is CCC(Sc1c([O-])on[n+]1C)C(=O)Nc1ccc(C(C)=O)cc1. The van der Waals surface area contributed by atoms with Gasteiger partial charge in [0.15, 0.2) is 18.8 Å². The van der Waals surface area contributed by atoms with Gasteiger partial charge in [-0.1, -0.05) is 11.6 Å².